The molecule has 0 aliphatic carbocycles. The van der Waals surface area contributed by atoms with Gasteiger partial charge < -0.3 is 24.1 Å². The highest BCUT2D eigenvalue weighted by molar-refractivity contribution is 9.10. The number of hydrogen-bond acceptors (Lipinski definition) is 7. The van der Waals surface area contributed by atoms with Crippen molar-refractivity contribution >= 4 is 33.4 Å². The average Bonchev–Trinajstić information content (AvgIpc) is 3.42. The molecule has 2 aromatic heterocycles. The van der Waals surface area contributed by atoms with Crippen LogP contribution >= 0.6 is 27.5 Å². The Morgan fingerprint density at radius 2 is 1.90 bits per heavy atom. The summed E-state index contributed by atoms with van der Waals surface area (Å²) in [7, 11) is 0. The summed E-state index contributed by atoms with van der Waals surface area (Å²) in [4.78, 5) is 15.1. The first-order valence-corrected chi connectivity index (χ1v) is 10.2. The Bertz CT molecular complexity index is 1210. The molecule has 2 aromatic carbocycles. The second-order valence-corrected chi connectivity index (χ2v) is 7.65. The number of primary amides is 1. The van der Waals surface area contributed by atoms with Crippen LogP contribution in [-0.2, 0) is 11.4 Å². The van der Waals surface area contributed by atoms with E-state index < -0.39 is 5.91 Å². The van der Waals surface area contributed by atoms with Crippen LogP contribution in [0.1, 0.15) is 5.76 Å². The summed E-state index contributed by atoms with van der Waals surface area (Å²) < 4.78 is 22.8. The molecule has 8 nitrogen and oxygen atoms in total. The minimum Gasteiger partial charge on any atom is -0.484 e. The van der Waals surface area contributed by atoms with Crippen molar-refractivity contribution in [3.63, 3.8) is 0 Å². The van der Waals surface area contributed by atoms with Crippen molar-refractivity contribution in [3.05, 3.63) is 69.9 Å². The molecule has 4 rings (SSSR count). The number of benzene rings is 2. The molecule has 0 saturated carbocycles. The second kappa shape index (κ2) is 9.23. The highest BCUT2D eigenvalue weighted by Crippen LogP contribution is 2.29. The van der Waals surface area contributed by atoms with Gasteiger partial charge in [-0.1, -0.05) is 32.7 Å². The van der Waals surface area contributed by atoms with Gasteiger partial charge in [0.25, 0.3) is 11.8 Å². The van der Waals surface area contributed by atoms with Crippen molar-refractivity contribution in [2.45, 2.75) is 6.61 Å². The van der Waals surface area contributed by atoms with Crippen LogP contribution in [0.5, 0.6) is 11.5 Å². The number of aromatic nitrogens is 2. The molecule has 1 amide bonds. The number of hydrogen-bond donors (Lipinski definition) is 1. The Balaban J connectivity index is 1.41. The zero-order chi connectivity index (χ0) is 21.8. The maximum absolute atomic E-state index is 10.8. The number of carbonyl (C=O) groups is 1. The van der Waals surface area contributed by atoms with Crippen molar-refractivity contribution < 1.29 is 23.2 Å². The lowest BCUT2D eigenvalue weighted by Gasteiger charge is -2.06. The van der Waals surface area contributed by atoms with Crippen LogP contribution in [-0.4, -0.2) is 22.7 Å². The summed E-state index contributed by atoms with van der Waals surface area (Å²) in [5.74, 6) is 2.11. The molecule has 0 aliphatic heterocycles. The first-order valence-electron chi connectivity index (χ1n) is 9.00. The minimum absolute atomic E-state index is 0.190. The Morgan fingerprint density at radius 1 is 1.10 bits per heavy atom. The highest BCUT2D eigenvalue weighted by atomic mass is 79.9. The van der Waals surface area contributed by atoms with Gasteiger partial charge in [-0.3, -0.25) is 4.79 Å². The molecule has 4 aromatic rings. The number of amides is 1. The zero-order valence-corrected chi connectivity index (χ0v) is 18.2. The molecule has 0 radical (unpaired) electrons. The molecule has 0 aliphatic rings. The van der Waals surface area contributed by atoms with E-state index in [-0.39, 0.29) is 19.1 Å². The SMILES string of the molecule is NC(=O)COc1ccc(-c2noc(-c3ccc(COc4ccc(Br)cc4Cl)o3)n2)cc1. The lowest BCUT2D eigenvalue weighted by atomic mass is 10.2. The average molecular weight is 505 g/mol. The molecule has 2 heterocycles. The summed E-state index contributed by atoms with van der Waals surface area (Å²) >= 11 is 9.50. The number of ether oxygens (including phenoxy) is 2. The lowest BCUT2D eigenvalue weighted by Crippen LogP contribution is -2.19. The monoisotopic (exact) mass is 503 g/mol. The maximum atomic E-state index is 10.8. The highest BCUT2D eigenvalue weighted by Gasteiger charge is 2.15. The van der Waals surface area contributed by atoms with Gasteiger partial charge in [-0.2, -0.15) is 4.98 Å². The van der Waals surface area contributed by atoms with Crippen molar-refractivity contribution in [2.75, 3.05) is 6.61 Å². The summed E-state index contributed by atoms with van der Waals surface area (Å²) in [6, 6.07) is 15.7. The van der Waals surface area contributed by atoms with E-state index in [1.54, 1.807) is 48.5 Å². The number of nitrogens with two attached hydrogens (primary N) is 1. The van der Waals surface area contributed by atoms with E-state index in [9.17, 15) is 4.79 Å². The fraction of sp³-hybridized carbons (Fsp3) is 0.0952. The molecule has 2 N–H and O–H groups in total. The maximum Gasteiger partial charge on any atom is 0.293 e. The summed E-state index contributed by atoms with van der Waals surface area (Å²) in [5, 5.41) is 4.47. The van der Waals surface area contributed by atoms with Gasteiger partial charge in [0.1, 0.15) is 23.9 Å². The minimum atomic E-state index is -0.546. The largest absolute Gasteiger partial charge is 0.484 e. The molecule has 0 atom stereocenters. The molecule has 158 valence electrons. The standard InChI is InChI=1S/C21H15BrClN3O5/c22-13-3-7-17(16(23)9-13)29-10-15-6-8-18(30-15)21-25-20(26-31-21)12-1-4-14(5-2-12)28-11-19(24)27/h1-9H,10-11H2,(H2,24,27). The van der Waals surface area contributed by atoms with E-state index in [0.29, 0.717) is 39.4 Å². The molecular formula is C21H15BrClN3O5. The Hall–Kier alpha value is -3.30. The van der Waals surface area contributed by atoms with Gasteiger partial charge in [-0.15, -0.1) is 0 Å². The van der Waals surface area contributed by atoms with E-state index in [2.05, 4.69) is 26.1 Å². The normalized spacial score (nSPS) is 10.8. The quantitative estimate of drug-likeness (QED) is 0.365. The number of carbonyl (C=O) groups excluding carboxylic acids is 1. The fourth-order valence-corrected chi connectivity index (χ4v) is 3.34. The van der Waals surface area contributed by atoms with E-state index in [1.807, 2.05) is 6.07 Å². The Labute approximate surface area is 190 Å². The number of nitrogens with zero attached hydrogens (tertiary/aromatic N) is 2. The zero-order valence-electron chi connectivity index (χ0n) is 15.9. The van der Waals surface area contributed by atoms with Crippen LogP contribution in [0.15, 0.2) is 68.0 Å². The molecule has 10 heteroatoms. The third-order valence-corrected chi connectivity index (χ3v) is 4.84. The second-order valence-electron chi connectivity index (χ2n) is 6.33. The van der Waals surface area contributed by atoms with Crippen LogP contribution in [0.2, 0.25) is 5.02 Å². The van der Waals surface area contributed by atoms with Crippen LogP contribution in [0.4, 0.5) is 0 Å². The van der Waals surface area contributed by atoms with Gasteiger partial charge in [0.15, 0.2) is 12.4 Å². The fourth-order valence-electron chi connectivity index (χ4n) is 2.61. The molecule has 0 fully saturated rings. The number of rotatable bonds is 8. The summed E-state index contributed by atoms with van der Waals surface area (Å²) in [6.07, 6.45) is 0. The molecule has 0 bridgehead atoms. The van der Waals surface area contributed by atoms with Crippen molar-refractivity contribution in [3.8, 4) is 34.5 Å². The molecule has 0 saturated heterocycles. The third kappa shape index (κ3) is 5.25. The van der Waals surface area contributed by atoms with Crippen LogP contribution in [0.25, 0.3) is 23.0 Å². The topological polar surface area (TPSA) is 114 Å². The Kier molecular flexibility index (Phi) is 6.24. The molecule has 0 spiro atoms. The van der Waals surface area contributed by atoms with Crippen molar-refractivity contribution in [2.24, 2.45) is 5.73 Å². The number of halogens is 2. The van der Waals surface area contributed by atoms with Crippen molar-refractivity contribution in [1.82, 2.24) is 10.1 Å². The van der Waals surface area contributed by atoms with E-state index in [1.165, 1.54) is 0 Å². The van der Waals surface area contributed by atoms with Gasteiger partial charge in [-0.05, 0) is 54.6 Å². The predicted octanol–water partition coefficient (Wildman–Crippen LogP) is 4.86. The van der Waals surface area contributed by atoms with Gasteiger partial charge in [0.2, 0.25) is 5.82 Å². The van der Waals surface area contributed by atoms with Gasteiger partial charge in [0.05, 0.1) is 5.02 Å². The first-order chi connectivity index (χ1) is 15.0. The third-order valence-electron chi connectivity index (χ3n) is 4.06. The predicted molar refractivity (Wildman–Crippen MR) is 116 cm³/mol. The summed E-state index contributed by atoms with van der Waals surface area (Å²) in [6.45, 7) is -0.000613. The van der Waals surface area contributed by atoms with Crippen molar-refractivity contribution in [1.29, 1.82) is 0 Å². The lowest BCUT2D eigenvalue weighted by molar-refractivity contribution is -0.119. The molecular weight excluding hydrogens is 490 g/mol. The number of furan rings is 1. The first kappa shape index (κ1) is 21.0. The van der Waals surface area contributed by atoms with E-state index in [0.717, 1.165) is 4.47 Å². The van der Waals surface area contributed by atoms with Gasteiger partial charge in [0, 0.05) is 10.0 Å². The summed E-state index contributed by atoms with van der Waals surface area (Å²) in [5.41, 5.74) is 5.77. The van der Waals surface area contributed by atoms with Gasteiger partial charge in [-0.25, -0.2) is 0 Å². The molecule has 31 heavy (non-hydrogen) atoms. The smallest absolute Gasteiger partial charge is 0.293 e. The van der Waals surface area contributed by atoms with Crippen LogP contribution < -0.4 is 15.2 Å². The van der Waals surface area contributed by atoms with Crippen LogP contribution in [0, 0.1) is 0 Å². The molecule has 0 unspecified atom stereocenters. The van der Waals surface area contributed by atoms with E-state index >= 15 is 0 Å². The van der Waals surface area contributed by atoms with Gasteiger partial charge >= 0.3 is 0 Å². The van der Waals surface area contributed by atoms with E-state index in [4.69, 9.17) is 35.7 Å². The van der Waals surface area contributed by atoms with Crippen LogP contribution in [0.3, 0.4) is 0 Å². The Morgan fingerprint density at radius 3 is 2.65 bits per heavy atom.